The van der Waals surface area contributed by atoms with Crippen LogP contribution in [0, 0.1) is 0 Å². The summed E-state index contributed by atoms with van der Waals surface area (Å²) in [6.45, 7) is 0. The standard InChI is InChI=1S/C44H24N4OS/c1-5-15-33-26(10-1)29-22-23-35-40(43(29)47(33)25-20-21-28-27-11-3-7-17-36(27)49-37(28)24-25)30-12-2-6-16-34(30)48(35)44-45-32-14-9-19-39-41(32)42(46-44)31-13-4-8-18-38(31)50-39/h1-24H. The molecule has 0 bridgehead atoms. The molecule has 0 fully saturated rings. The van der Waals surface area contributed by atoms with E-state index in [0.29, 0.717) is 5.95 Å². The van der Waals surface area contributed by atoms with Crippen molar-refractivity contribution in [3.8, 4) is 22.9 Å². The molecule has 232 valence electrons. The summed E-state index contributed by atoms with van der Waals surface area (Å²) < 4.78 is 11.1. The summed E-state index contributed by atoms with van der Waals surface area (Å²) in [4.78, 5) is 13.1. The third-order valence-corrected chi connectivity index (χ3v) is 11.5. The van der Waals surface area contributed by atoms with Crippen LogP contribution in [0.1, 0.15) is 0 Å². The SMILES string of the molecule is c1ccc2c(c1)Sc1cccc3nc(-n4c5ccccc5c5c4ccc4c6ccccc6n(-c6ccc7c(c6)oc6ccccc67)c45)nc-2c13. The molecule has 0 radical (unpaired) electrons. The second-order valence-electron chi connectivity index (χ2n) is 13.0. The molecule has 0 unspecified atom stereocenters. The number of rotatable bonds is 2. The normalized spacial score (nSPS) is 12.7. The number of benzene rings is 7. The summed E-state index contributed by atoms with van der Waals surface area (Å²) in [5.74, 6) is 0.670. The third-order valence-electron chi connectivity index (χ3n) is 10.3. The number of fused-ring (bicyclic) bond motifs is 12. The molecule has 5 nitrogen and oxygen atoms in total. The van der Waals surface area contributed by atoms with Crippen LogP contribution in [0.3, 0.4) is 0 Å². The van der Waals surface area contributed by atoms with Gasteiger partial charge in [-0.25, -0.2) is 9.97 Å². The molecule has 6 heteroatoms. The second-order valence-corrected chi connectivity index (χ2v) is 14.0. The Morgan fingerprint density at radius 1 is 0.480 bits per heavy atom. The Labute approximate surface area is 289 Å². The van der Waals surface area contributed by atoms with E-state index >= 15 is 0 Å². The number of furan rings is 1. The highest BCUT2D eigenvalue weighted by Gasteiger charge is 2.25. The maximum absolute atomic E-state index is 6.39. The van der Waals surface area contributed by atoms with Gasteiger partial charge >= 0.3 is 0 Å². The summed E-state index contributed by atoms with van der Waals surface area (Å²) in [5, 5.41) is 8.09. The molecular formula is C44H24N4OS. The molecule has 4 aromatic heterocycles. The zero-order valence-corrected chi connectivity index (χ0v) is 27.3. The van der Waals surface area contributed by atoms with Gasteiger partial charge in [-0.3, -0.25) is 4.57 Å². The van der Waals surface area contributed by atoms with E-state index in [1.54, 1.807) is 11.8 Å². The van der Waals surface area contributed by atoms with Crippen LogP contribution < -0.4 is 0 Å². The lowest BCUT2D eigenvalue weighted by Gasteiger charge is -2.20. The molecule has 0 spiro atoms. The van der Waals surface area contributed by atoms with Gasteiger partial charge in [0.25, 0.3) is 0 Å². The van der Waals surface area contributed by atoms with Gasteiger partial charge < -0.3 is 8.98 Å². The van der Waals surface area contributed by atoms with Crippen molar-refractivity contribution in [2.24, 2.45) is 0 Å². The van der Waals surface area contributed by atoms with Gasteiger partial charge in [-0.15, -0.1) is 0 Å². The maximum atomic E-state index is 6.39. The third kappa shape index (κ3) is 3.43. The molecular weight excluding hydrogens is 633 g/mol. The molecule has 0 N–H and O–H groups in total. The molecule has 12 rings (SSSR count). The van der Waals surface area contributed by atoms with E-state index in [1.807, 2.05) is 12.1 Å². The average Bonchev–Trinajstić information content (AvgIpc) is 3.82. The van der Waals surface area contributed by atoms with Crippen LogP contribution in [-0.4, -0.2) is 19.1 Å². The minimum absolute atomic E-state index is 0.670. The van der Waals surface area contributed by atoms with Gasteiger partial charge in [-0.05, 0) is 54.6 Å². The van der Waals surface area contributed by atoms with Crippen molar-refractivity contribution in [2.45, 2.75) is 9.79 Å². The molecule has 0 amide bonds. The fraction of sp³-hybridized carbons (Fsp3) is 0. The number of aromatic nitrogens is 4. The lowest BCUT2D eigenvalue weighted by molar-refractivity contribution is 0.668. The first-order valence-corrected chi connectivity index (χ1v) is 17.6. The molecule has 11 aromatic rings. The molecule has 0 aliphatic carbocycles. The van der Waals surface area contributed by atoms with Crippen molar-refractivity contribution in [1.29, 1.82) is 0 Å². The van der Waals surface area contributed by atoms with Crippen LogP contribution >= 0.6 is 11.8 Å². The lowest BCUT2D eigenvalue weighted by atomic mass is 10.1. The van der Waals surface area contributed by atoms with E-state index in [4.69, 9.17) is 14.4 Å². The molecule has 0 saturated heterocycles. The summed E-state index contributed by atoms with van der Waals surface area (Å²) in [6, 6.07) is 51.6. The highest BCUT2D eigenvalue weighted by molar-refractivity contribution is 7.99. The molecule has 0 atom stereocenters. The minimum Gasteiger partial charge on any atom is -0.456 e. The van der Waals surface area contributed by atoms with Crippen LogP contribution in [0.2, 0.25) is 0 Å². The first kappa shape index (κ1) is 26.6. The Bertz CT molecular complexity index is 3260. The van der Waals surface area contributed by atoms with Crippen molar-refractivity contribution in [3.63, 3.8) is 0 Å². The lowest BCUT2D eigenvalue weighted by Crippen LogP contribution is -2.05. The van der Waals surface area contributed by atoms with Crippen molar-refractivity contribution in [1.82, 2.24) is 19.1 Å². The van der Waals surface area contributed by atoms with Crippen LogP contribution in [-0.2, 0) is 0 Å². The first-order valence-electron chi connectivity index (χ1n) is 16.8. The van der Waals surface area contributed by atoms with E-state index < -0.39 is 0 Å². The summed E-state index contributed by atoms with van der Waals surface area (Å²) in [6.07, 6.45) is 0. The van der Waals surface area contributed by atoms with Gasteiger partial charge in [-0.2, -0.15) is 0 Å². The largest absolute Gasteiger partial charge is 0.456 e. The molecule has 7 aromatic carbocycles. The van der Waals surface area contributed by atoms with Crippen molar-refractivity contribution in [3.05, 3.63) is 146 Å². The fourth-order valence-corrected chi connectivity index (χ4v) is 9.34. The van der Waals surface area contributed by atoms with Crippen LogP contribution in [0.25, 0.3) is 99.3 Å². The van der Waals surface area contributed by atoms with Crippen molar-refractivity contribution < 1.29 is 4.42 Å². The zero-order valence-electron chi connectivity index (χ0n) is 26.5. The quantitative estimate of drug-likeness (QED) is 0.186. The van der Waals surface area contributed by atoms with E-state index in [1.165, 1.54) is 25.9 Å². The van der Waals surface area contributed by atoms with Gasteiger partial charge in [0.15, 0.2) is 0 Å². The van der Waals surface area contributed by atoms with Crippen LogP contribution in [0.4, 0.5) is 0 Å². The highest BCUT2D eigenvalue weighted by atomic mass is 32.2. The highest BCUT2D eigenvalue weighted by Crippen LogP contribution is 2.48. The zero-order chi connectivity index (χ0) is 32.5. The minimum atomic E-state index is 0.670. The Balaban J connectivity index is 1.21. The monoisotopic (exact) mass is 656 g/mol. The van der Waals surface area contributed by atoms with Gasteiger partial charge in [0.2, 0.25) is 5.95 Å². The predicted octanol–water partition coefficient (Wildman–Crippen LogP) is 11.9. The van der Waals surface area contributed by atoms with E-state index in [9.17, 15) is 0 Å². The topological polar surface area (TPSA) is 48.8 Å². The van der Waals surface area contributed by atoms with Gasteiger partial charge in [-0.1, -0.05) is 96.7 Å². The Kier molecular flexibility index (Phi) is 5.11. The van der Waals surface area contributed by atoms with Gasteiger partial charge in [0, 0.05) is 64.8 Å². The van der Waals surface area contributed by atoms with Crippen molar-refractivity contribution in [2.75, 3.05) is 0 Å². The second kappa shape index (κ2) is 9.62. The van der Waals surface area contributed by atoms with Crippen molar-refractivity contribution >= 4 is 88.2 Å². The van der Waals surface area contributed by atoms with Crippen LogP contribution in [0.15, 0.2) is 160 Å². The summed E-state index contributed by atoms with van der Waals surface area (Å²) in [5.41, 5.74) is 10.3. The molecule has 1 aliphatic rings. The smallest absolute Gasteiger partial charge is 0.235 e. The van der Waals surface area contributed by atoms with E-state index in [-0.39, 0.29) is 0 Å². The molecule has 50 heavy (non-hydrogen) atoms. The number of hydrogen-bond acceptors (Lipinski definition) is 4. The molecule has 1 aliphatic heterocycles. The van der Waals surface area contributed by atoms with Gasteiger partial charge in [0.1, 0.15) is 11.2 Å². The number of hydrogen-bond donors (Lipinski definition) is 0. The van der Waals surface area contributed by atoms with E-state index in [0.717, 1.165) is 77.2 Å². The Hall–Kier alpha value is -6.37. The number of nitrogens with zero attached hydrogens (tertiary/aromatic N) is 4. The fourth-order valence-electron chi connectivity index (χ4n) is 8.23. The first-order chi connectivity index (χ1) is 24.8. The van der Waals surface area contributed by atoms with Crippen LogP contribution in [0.5, 0.6) is 0 Å². The van der Waals surface area contributed by atoms with Gasteiger partial charge in [0.05, 0.1) is 33.3 Å². The predicted molar refractivity (Wildman–Crippen MR) is 205 cm³/mol. The molecule has 0 saturated carbocycles. The Morgan fingerprint density at radius 2 is 1.20 bits per heavy atom. The Morgan fingerprint density at radius 3 is 2.12 bits per heavy atom. The van der Waals surface area contributed by atoms with E-state index in [2.05, 4.69) is 143 Å². The molecule has 5 heterocycles. The average molecular weight is 657 g/mol. The summed E-state index contributed by atoms with van der Waals surface area (Å²) >= 11 is 1.79. The maximum Gasteiger partial charge on any atom is 0.235 e. The number of para-hydroxylation sites is 3. The summed E-state index contributed by atoms with van der Waals surface area (Å²) in [7, 11) is 0.